The Bertz CT molecular complexity index is 167. The second kappa shape index (κ2) is 3.05. The van der Waals surface area contributed by atoms with Crippen LogP contribution in [0.15, 0.2) is 0 Å². The topological polar surface area (TPSA) is 29.1 Å². The Kier molecular flexibility index (Phi) is 2.07. The quantitative estimate of drug-likeness (QED) is 0.687. The molecule has 0 radical (unpaired) electrons. The van der Waals surface area contributed by atoms with Gasteiger partial charge < -0.3 is 5.32 Å². The van der Waals surface area contributed by atoms with Gasteiger partial charge in [-0.15, -0.1) is 11.8 Å². The second-order valence-electron chi connectivity index (χ2n) is 3.35. The van der Waals surface area contributed by atoms with Gasteiger partial charge in [-0.05, 0) is 30.9 Å². The monoisotopic (exact) mass is 171 g/mol. The van der Waals surface area contributed by atoms with E-state index >= 15 is 0 Å². The van der Waals surface area contributed by atoms with Crippen LogP contribution in [0.3, 0.4) is 0 Å². The maximum atomic E-state index is 11.1. The van der Waals surface area contributed by atoms with Crippen molar-refractivity contribution in [2.45, 2.75) is 24.5 Å². The summed E-state index contributed by atoms with van der Waals surface area (Å²) in [7, 11) is 0. The number of carbonyl (C=O) groups is 1. The fourth-order valence-corrected chi connectivity index (χ4v) is 2.62. The zero-order valence-corrected chi connectivity index (χ0v) is 7.32. The van der Waals surface area contributed by atoms with Crippen LogP contribution < -0.4 is 5.32 Å². The van der Waals surface area contributed by atoms with Crippen molar-refractivity contribution in [1.82, 2.24) is 5.32 Å². The van der Waals surface area contributed by atoms with E-state index < -0.39 is 0 Å². The standard InChI is InChI=1S/C8H13NOS/c10-8-7(3-4-9-8)11-5-6-1-2-6/h6-7H,1-5H2,(H,9,10). The molecule has 0 bridgehead atoms. The first-order valence-corrected chi connectivity index (χ1v) is 5.30. The molecule has 2 rings (SSSR count). The van der Waals surface area contributed by atoms with E-state index in [1.165, 1.54) is 18.6 Å². The minimum atomic E-state index is 0.260. The van der Waals surface area contributed by atoms with E-state index in [9.17, 15) is 4.79 Å². The number of thioether (sulfide) groups is 1. The first-order chi connectivity index (χ1) is 5.36. The summed E-state index contributed by atoms with van der Waals surface area (Å²) in [6.45, 7) is 0.890. The van der Waals surface area contributed by atoms with Crippen molar-refractivity contribution in [3.63, 3.8) is 0 Å². The molecule has 0 aromatic rings. The van der Waals surface area contributed by atoms with Gasteiger partial charge in [-0.25, -0.2) is 0 Å². The summed E-state index contributed by atoms with van der Waals surface area (Å²) in [6, 6.07) is 0. The van der Waals surface area contributed by atoms with E-state index in [1.54, 1.807) is 0 Å². The summed E-state index contributed by atoms with van der Waals surface area (Å²) >= 11 is 1.85. The highest BCUT2D eigenvalue weighted by atomic mass is 32.2. The zero-order chi connectivity index (χ0) is 7.68. The SMILES string of the molecule is O=C1NCCC1SCC1CC1. The number of amides is 1. The van der Waals surface area contributed by atoms with Crippen LogP contribution in [0.25, 0.3) is 0 Å². The first kappa shape index (κ1) is 7.47. The van der Waals surface area contributed by atoms with Crippen molar-refractivity contribution in [2.24, 2.45) is 5.92 Å². The van der Waals surface area contributed by atoms with Crippen molar-refractivity contribution in [1.29, 1.82) is 0 Å². The average molecular weight is 171 g/mol. The average Bonchev–Trinajstić information content (AvgIpc) is 2.73. The molecule has 3 heteroatoms. The van der Waals surface area contributed by atoms with Crippen LogP contribution in [-0.4, -0.2) is 23.5 Å². The van der Waals surface area contributed by atoms with Gasteiger partial charge in [0.05, 0.1) is 5.25 Å². The van der Waals surface area contributed by atoms with Crippen molar-refractivity contribution >= 4 is 17.7 Å². The summed E-state index contributed by atoms with van der Waals surface area (Å²) in [4.78, 5) is 11.1. The predicted molar refractivity (Wildman–Crippen MR) is 46.6 cm³/mol. The van der Waals surface area contributed by atoms with E-state index in [1.807, 2.05) is 11.8 Å². The highest BCUT2D eigenvalue weighted by Crippen LogP contribution is 2.34. The third-order valence-electron chi connectivity index (χ3n) is 2.23. The van der Waals surface area contributed by atoms with Crippen molar-refractivity contribution in [3.8, 4) is 0 Å². The summed E-state index contributed by atoms with van der Waals surface area (Å²) in [5, 5.41) is 3.13. The van der Waals surface area contributed by atoms with E-state index in [-0.39, 0.29) is 11.2 Å². The molecule has 0 aromatic heterocycles. The molecule has 1 atom stereocenters. The zero-order valence-electron chi connectivity index (χ0n) is 6.51. The van der Waals surface area contributed by atoms with Crippen molar-refractivity contribution in [2.75, 3.05) is 12.3 Å². The van der Waals surface area contributed by atoms with Crippen LogP contribution in [0.1, 0.15) is 19.3 Å². The molecule has 1 saturated heterocycles. The molecule has 1 unspecified atom stereocenters. The molecule has 1 aliphatic carbocycles. The van der Waals surface area contributed by atoms with Crippen LogP contribution >= 0.6 is 11.8 Å². The molecule has 1 aliphatic heterocycles. The lowest BCUT2D eigenvalue weighted by molar-refractivity contribution is -0.118. The lowest BCUT2D eigenvalue weighted by Gasteiger charge is -2.04. The molecular weight excluding hydrogens is 158 g/mol. The van der Waals surface area contributed by atoms with Gasteiger partial charge in [-0.3, -0.25) is 4.79 Å². The van der Waals surface area contributed by atoms with Crippen molar-refractivity contribution < 1.29 is 4.79 Å². The highest BCUT2D eigenvalue weighted by molar-refractivity contribution is 8.00. The van der Waals surface area contributed by atoms with Gasteiger partial charge in [-0.1, -0.05) is 0 Å². The Balaban J connectivity index is 1.71. The molecule has 0 aromatic carbocycles. The molecule has 1 heterocycles. The van der Waals surface area contributed by atoms with Gasteiger partial charge in [0.15, 0.2) is 0 Å². The van der Waals surface area contributed by atoms with E-state index in [0.29, 0.717) is 0 Å². The molecule has 62 valence electrons. The summed E-state index contributed by atoms with van der Waals surface area (Å²) in [5.41, 5.74) is 0. The smallest absolute Gasteiger partial charge is 0.233 e. The maximum absolute atomic E-state index is 11.1. The summed E-state index contributed by atoms with van der Waals surface area (Å²) in [6.07, 6.45) is 3.82. The minimum Gasteiger partial charge on any atom is -0.355 e. The molecule has 1 saturated carbocycles. The molecular formula is C8H13NOS. The third kappa shape index (κ3) is 1.89. The molecule has 1 N–H and O–H groups in total. The number of carbonyl (C=O) groups excluding carboxylic acids is 1. The lowest BCUT2D eigenvalue weighted by Crippen LogP contribution is -2.20. The molecule has 2 nitrogen and oxygen atoms in total. The van der Waals surface area contributed by atoms with Gasteiger partial charge in [0.25, 0.3) is 0 Å². The van der Waals surface area contributed by atoms with Crippen LogP contribution in [0.4, 0.5) is 0 Å². The highest BCUT2D eigenvalue weighted by Gasteiger charge is 2.28. The first-order valence-electron chi connectivity index (χ1n) is 4.25. The van der Waals surface area contributed by atoms with Gasteiger partial charge in [0.1, 0.15) is 0 Å². The number of rotatable bonds is 3. The van der Waals surface area contributed by atoms with Gasteiger partial charge in [0.2, 0.25) is 5.91 Å². The number of nitrogens with one attached hydrogen (secondary N) is 1. The lowest BCUT2D eigenvalue weighted by atomic mass is 10.4. The number of hydrogen-bond acceptors (Lipinski definition) is 2. The van der Waals surface area contributed by atoms with Crippen molar-refractivity contribution in [3.05, 3.63) is 0 Å². The Hall–Kier alpha value is -0.180. The van der Waals surface area contributed by atoms with Crippen LogP contribution in [0.5, 0.6) is 0 Å². The Morgan fingerprint density at radius 1 is 1.45 bits per heavy atom. The summed E-state index contributed by atoms with van der Waals surface area (Å²) < 4.78 is 0. The Morgan fingerprint density at radius 3 is 2.82 bits per heavy atom. The van der Waals surface area contributed by atoms with Gasteiger partial charge in [0, 0.05) is 6.54 Å². The van der Waals surface area contributed by atoms with E-state index in [2.05, 4.69) is 5.32 Å². The fraction of sp³-hybridized carbons (Fsp3) is 0.875. The Labute approximate surface area is 71.1 Å². The molecule has 2 aliphatic rings. The van der Waals surface area contributed by atoms with E-state index in [0.717, 1.165) is 18.9 Å². The molecule has 1 amide bonds. The fourth-order valence-electron chi connectivity index (χ4n) is 1.27. The van der Waals surface area contributed by atoms with Crippen LogP contribution in [0, 0.1) is 5.92 Å². The van der Waals surface area contributed by atoms with Gasteiger partial charge >= 0.3 is 0 Å². The molecule has 2 fully saturated rings. The van der Waals surface area contributed by atoms with Gasteiger partial charge in [-0.2, -0.15) is 0 Å². The van der Waals surface area contributed by atoms with E-state index in [4.69, 9.17) is 0 Å². The Morgan fingerprint density at radius 2 is 2.27 bits per heavy atom. The molecule has 11 heavy (non-hydrogen) atoms. The minimum absolute atomic E-state index is 0.260. The predicted octanol–water partition coefficient (Wildman–Crippen LogP) is 1.02. The number of hydrogen-bond donors (Lipinski definition) is 1. The maximum Gasteiger partial charge on any atom is 0.233 e. The summed E-state index contributed by atoms with van der Waals surface area (Å²) in [5.74, 6) is 2.40. The molecule has 0 spiro atoms. The largest absolute Gasteiger partial charge is 0.355 e. The second-order valence-corrected chi connectivity index (χ2v) is 4.58. The van der Waals surface area contributed by atoms with Crippen LogP contribution in [-0.2, 0) is 4.79 Å². The van der Waals surface area contributed by atoms with Crippen LogP contribution in [0.2, 0.25) is 0 Å². The normalized spacial score (nSPS) is 30.5. The third-order valence-corrected chi connectivity index (χ3v) is 3.74.